The van der Waals surface area contributed by atoms with E-state index in [1.165, 1.54) is 6.33 Å². The molecule has 0 spiro atoms. The lowest BCUT2D eigenvalue weighted by Crippen LogP contribution is -2.28. The van der Waals surface area contributed by atoms with Gasteiger partial charge in [-0.25, -0.2) is 4.98 Å². The first-order valence-corrected chi connectivity index (χ1v) is 7.53. The molecule has 1 aliphatic heterocycles. The number of hydrogen-bond donors (Lipinski definition) is 1. The zero-order chi connectivity index (χ0) is 15.8. The molecule has 7 nitrogen and oxygen atoms in total. The highest BCUT2D eigenvalue weighted by Gasteiger charge is 2.28. The number of primary amides is 1. The average molecular weight is 308 g/mol. The molecule has 0 radical (unpaired) electrons. The quantitative estimate of drug-likeness (QED) is 0.782. The summed E-state index contributed by atoms with van der Waals surface area (Å²) >= 11 is 0. The molecule has 23 heavy (non-hydrogen) atoms. The zero-order valence-corrected chi connectivity index (χ0v) is 12.5. The molecule has 7 heteroatoms. The molecule has 1 aliphatic rings. The lowest BCUT2D eigenvalue weighted by molar-refractivity contribution is -0.121. The Balaban J connectivity index is 1.80. The predicted molar refractivity (Wildman–Crippen MR) is 85.7 cm³/mol. The topological polar surface area (TPSA) is 89.4 Å². The number of fused-ring (bicyclic) bond motifs is 1. The molecule has 4 rings (SSSR count). The highest BCUT2D eigenvalue weighted by atomic mass is 16.1. The van der Waals surface area contributed by atoms with Crippen molar-refractivity contribution in [3.05, 3.63) is 42.7 Å². The van der Waals surface area contributed by atoms with E-state index in [4.69, 9.17) is 5.73 Å². The van der Waals surface area contributed by atoms with Gasteiger partial charge in [-0.2, -0.15) is 14.6 Å². The highest BCUT2D eigenvalue weighted by molar-refractivity contribution is 5.78. The normalized spacial score (nSPS) is 17.7. The molecule has 0 unspecified atom stereocenters. The molecule has 2 N–H and O–H groups in total. The summed E-state index contributed by atoms with van der Waals surface area (Å²) in [6.07, 6.45) is 2.25. The Morgan fingerprint density at radius 3 is 2.83 bits per heavy atom. The smallest absolute Gasteiger partial charge is 0.254 e. The Kier molecular flexibility index (Phi) is 3.18. The molecule has 2 aromatic heterocycles. The maximum Gasteiger partial charge on any atom is 0.254 e. The molecule has 0 saturated carbocycles. The van der Waals surface area contributed by atoms with E-state index in [2.05, 4.69) is 20.0 Å². The van der Waals surface area contributed by atoms with Crippen LogP contribution in [0.4, 0.5) is 5.82 Å². The van der Waals surface area contributed by atoms with E-state index in [0.717, 1.165) is 30.0 Å². The van der Waals surface area contributed by atoms with Crippen LogP contribution in [-0.4, -0.2) is 38.6 Å². The van der Waals surface area contributed by atoms with E-state index in [1.54, 1.807) is 4.52 Å². The van der Waals surface area contributed by atoms with Gasteiger partial charge in [0, 0.05) is 24.7 Å². The summed E-state index contributed by atoms with van der Waals surface area (Å²) in [6, 6.07) is 11.9. The largest absolute Gasteiger partial charge is 0.369 e. The van der Waals surface area contributed by atoms with Crippen LogP contribution in [0.5, 0.6) is 0 Å². The molecule has 1 atom stereocenters. The standard InChI is InChI=1S/C16H16N6O/c17-15(23)12-6-7-21(9-12)14-8-13(11-4-2-1-3-5-11)20-16-18-10-19-22(14)16/h1-5,8,10,12H,6-7,9H2,(H2,17,23)/t12-/m1/s1. The first kappa shape index (κ1) is 13.7. The van der Waals surface area contributed by atoms with E-state index in [0.29, 0.717) is 12.3 Å². The number of hydrogen-bond acceptors (Lipinski definition) is 5. The number of aromatic nitrogens is 4. The number of amides is 1. The summed E-state index contributed by atoms with van der Waals surface area (Å²) in [5.74, 6) is 1.06. The Hall–Kier alpha value is -2.96. The van der Waals surface area contributed by atoms with Crippen molar-refractivity contribution in [2.75, 3.05) is 18.0 Å². The molecule has 0 aliphatic carbocycles. The Morgan fingerprint density at radius 2 is 2.09 bits per heavy atom. The highest BCUT2D eigenvalue weighted by Crippen LogP contribution is 2.27. The van der Waals surface area contributed by atoms with Gasteiger partial charge >= 0.3 is 0 Å². The number of nitrogens with two attached hydrogens (primary N) is 1. The van der Waals surface area contributed by atoms with Gasteiger partial charge in [0.1, 0.15) is 12.1 Å². The third-order valence-corrected chi connectivity index (χ3v) is 4.22. The number of rotatable bonds is 3. The van der Waals surface area contributed by atoms with Gasteiger partial charge < -0.3 is 10.6 Å². The summed E-state index contributed by atoms with van der Waals surface area (Å²) in [4.78, 5) is 22.3. The van der Waals surface area contributed by atoms with Crippen LogP contribution in [0.1, 0.15) is 6.42 Å². The molecule has 1 fully saturated rings. The number of nitrogens with zero attached hydrogens (tertiary/aromatic N) is 5. The lowest BCUT2D eigenvalue weighted by Gasteiger charge is -2.19. The summed E-state index contributed by atoms with van der Waals surface area (Å²) in [6.45, 7) is 1.36. The van der Waals surface area contributed by atoms with Gasteiger partial charge in [-0.15, -0.1) is 0 Å². The minimum Gasteiger partial charge on any atom is -0.369 e. The molecule has 1 saturated heterocycles. The first-order chi connectivity index (χ1) is 11.2. The lowest BCUT2D eigenvalue weighted by atomic mass is 10.1. The minimum absolute atomic E-state index is 0.123. The van der Waals surface area contributed by atoms with Crippen molar-refractivity contribution in [3.8, 4) is 11.3 Å². The van der Waals surface area contributed by atoms with Crippen LogP contribution in [0.25, 0.3) is 17.0 Å². The van der Waals surface area contributed by atoms with Crippen LogP contribution in [0.15, 0.2) is 42.7 Å². The predicted octanol–water partition coefficient (Wildman–Crippen LogP) is 1.10. The maximum absolute atomic E-state index is 11.4. The van der Waals surface area contributed by atoms with Crippen molar-refractivity contribution in [1.82, 2.24) is 19.6 Å². The average Bonchev–Trinajstić information content (AvgIpc) is 3.24. The minimum atomic E-state index is -0.250. The van der Waals surface area contributed by atoms with Crippen molar-refractivity contribution >= 4 is 17.5 Å². The Bertz CT molecular complexity index is 859. The van der Waals surface area contributed by atoms with Crippen molar-refractivity contribution in [2.45, 2.75) is 6.42 Å². The van der Waals surface area contributed by atoms with Gasteiger partial charge in [0.25, 0.3) is 5.78 Å². The van der Waals surface area contributed by atoms with Crippen LogP contribution >= 0.6 is 0 Å². The summed E-state index contributed by atoms with van der Waals surface area (Å²) in [5.41, 5.74) is 7.29. The van der Waals surface area contributed by atoms with Crippen LogP contribution in [0.2, 0.25) is 0 Å². The molecular weight excluding hydrogens is 292 g/mol. The third-order valence-electron chi connectivity index (χ3n) is 4.22. The second-order valence-electron chi connectivity index (χ2n) is 5.67. The summed E-state index contributed by atoms with van der Waals surface area (Å²) < 4.78 is 1.70. The van der Waals surface area contributed by atoms with E-state index in [9.17, 15) is 4.79 Å². The monoisotopic (exact) mass is 308 g/mol. The van der Waals surface area contributed by atoms with Gasteiger partial charge in [-0.05, 0) is 6.42 Å². The molecule has 0 bridgehead atoms. The van der Waals surface area contributed by atoms with Crippen molar-refractivity contribution < 1.29 is 4.79 Å². The number of carbonyl (C=O) groups is 1. The van der Waals surface area contributed by atoms with E-state index in [-0.39, 0.29) is 11.8 Å². The fraction of sp³-hybridized carbons (Fsp3) is 0.250. The molecule has 3 heterocycles. The van der Waals surface area contributed by atoms with Gasteiger partial charge in [-0.3, -0.25) is 4.79 Å². The molecule has 1 amide bonds. The van der Waals surface area contributed by atoms with Crippen molar-refractivity contribution in [3.63, 3.8) is 0 Å². The van der Waals surface area contributed by atoms with Crippen LogP contribution in [0, 0.1) is 5.92 Å². The zero-order valence-electron chi connectivity index (χ0n) is 12.5. The number of anilines is 1. The van der Waals surface area contributed by atoms with Gasteiger partial charge in [0.15, 0.2) is 0 Å². The van der Waals surface area contributed by atoms with Gasteiger partial charge in [-0.1, -0.05) is 30.3 Å². The van der Waals surface area contributed by atoms with Crippen LogP contribution in [-0.2, 0) is 4.79 Å². The van der Waals surface area contributed by atoms with Crippen molar-refractivity contribution in [2.24, 2.45) is 11.7 Å². The SMILES string of the molecule is NC(=O)[C@@H]1CCN(c2cc(-c3ccccc3)nc3ncnn23)C1. The summed E-state index contributed by atoms with van der Waals surface area (Å²) in [7, 11) is 0. The van der Waals surface area contributed by atoms with E-state index < -0.39 is 0 Å². The first-order valence-electron chi connectivity index (χ1n) is 7.53. The second-order valence-corrected chi connectivity index (χ2v) is 5.67. The molecular formula is C16H16N6O. The summed E-state index contributed by atoms with van der Waals surface area (Å²) in [5, 5.41) is 4.25. The maximum atomic E-state index is 11.4. The molecule has 116 valence electrons. The van der Waals surface area contributed by atoms with Crippen LogP contribution < -0.4 is 10.6 Å². The second kappa shape index (κ2) is 5.35. The molecule has 3 aromatic rings. The molecule has 1 aromatic carbocycles. The van der Waals surface area contributed by atoms with Crippen molar-refractivity contribution in [1.29, 1.82) is 0 Å². The fourth-order valence-corrected chi connectivity index (χ4v) is 2.98. The fourth-order valence-electron chi connectivity index (χ4n) is 2.98. The Morgan fingerprint density at radius 1 is 1.26 bits per heavy atom. The van der Waals surface area contributed by atoms with E-state index >= 15 is 0 Å². The number of benzene rings is 1. The van der Waals surface area contributed by atoms with Gasteiger partial charge in [0.2, 0.25) is 5.91 Å². The van der Waals surface area contributed by atoms with E-state index in [1.807, 2.05) is 36.4 Å². The third kappa shape index (κ3) is 2.40. The number of carbonyl (C=O) groups excluding carboxylic acids is 1. The Labute approximate surface area is 132 Å². The van der Waals surface area contributed by atoms with Gasteiger partial charge in [0.05, 0.1) is 11.6 Å². The van der Waals surface area contributed by atoms with Crippen LogP contribution in [0.3, 0.4) is 0 Å².